The van der Waals surface area contributed by atoms with Crippen LogP contribution >= 0.6 is 15.9 Å². The molecular formula is C8H10BrNO3. The van der Waals surface area contributed by atoms with Gasteiger partial charge < -0.3 is 14.8 Å². The molecule has 0 aliphatic heterocycles. The van der Waals surface area contributed by atoms with Gasteiger partial charge in [0.2, 0.25) is 0 Å². The molecule has 1 amide bonds. The molecule has 0 saturated heterocycles. The van der Waals surface area contributed by atoms with E-state index in [0.29, 0.717) is 10.2 Å². The Balaban J connectivity index is 2.54. The third kappa shape index (κ3) is 2.86. The Bertz CT molecular complexity index is 295. The summed E-state index contributed by atoms with van der Waals surface area (Å²) in [5.74, 6) is -0.262. The number of amides is 1. The molecule has 1 unspecified atom stereocenters. The SMILES string of the molecule is CC(O)CNC(=O)c1ccoc1Br. The summed E-state index contributed by atoms with van der Waals surface area (Å²) >= 11 is 3.08. The molecule has 5 heteroatoms. The van der Waals surface area contributed by atoms with Gasteiger partial charge in [0.25, 0.3) is 5.91 Å². The van der Waals surface area contributed by atoms with Crippen LogP contribution in [-0.4, -0.2) is 23.7 Å². The second-order valence-electron chi connectivity index (χ2n) is 2.67. The van der Waals surface area contributed by atoms with E-state index < -0.39 is 6.10 Å². The van der Waals surface area contributed by atoms with Gasteiger partial charge in [0.1, 0.15) is 0 Å². The van der Waals surface area contributed by atoms with Gasteiger partial charge in [-0.1, -0.05) is 0 Å². The normalized spacial score (nSPS) is 12.5. The van der Waals surface area contributed by atoms with E-state index in [-0.39, 0.29) is 12.5 Å². The minimum atomic E-state index is -0.547. The number of aliphatic hydroxyl groups is 1. The summed E-state index contributed by atoms with van der Waals surface area (Å²) in [4.78, 5) is 11.3. The van der Waals surface area contributed by atoms with Crippen LogP contribution in [0.3, 0.4) is 0 Å². The molecule has 1 aromatic heterocycles. The molecule has 0 radical (unpaired) electrons. The van der Waals surface area contributed by atoms with Gasteiger partial charge in [0.15, 0.2) is 4.67 Å². The molecule has 0 saturated carbocycles. The molecule has 1 heterocycles. The molecule has 0 fully saturated rings. The molecular weight excluding hydrogens is 238 g/mol. The molecule has 0 spiro atoms. The monoisotopic (exact) mass is 247 g/mol. The van der Waals surface area contributed by atoms with Crippen LogP contribution < -0.4 is 5.32 Å². The number of hydrogen-bond donors (Lipinski definition) is 2. The van der Waals surface area contributed by atoms with E-state index in [9.17, 15) is 4.79 Å². The van der Waals surface area contributed by atoms with Crippen LogP contribution in [-0.2, 0) is 0 Å². The van der Waals surface area contributed by atoms with Crippen molar-refractivity contribution in [3.8, 4) is 0 Å². The number of halogens is 1. The van der Waals surface area contributed by atoms with Crippen LogP contribution in [0.5, 0.6) is 0 Å². The Morgan fingerprint density at radius 2 is 2.54 bits per heavy atom. The van der Waals surface area contributed by atoms with Crippen molar-refractivity contribution in [2.24, 2.45) is 0 Å². The second-order valence-corrected chi connectivity index (χ2v) is 3.39. The van der Waals surface area contributed by atoms with Gasteiger partial charge in [-0.15, -0.1) is 0 Å². The topological polar surface area (TPSA) is 62.5 Å². The van der Waals surface area contributed by atoms with Crippen LogP contribution in [0.15, 0.2) is 21.4 Å². The molecule has 1 atom stereocenters. The van der Waals surface area contributed by atoms with E-state index in [2.05, 4.69) is 21.2 Å². The van der Waals surface area contributed by atoms with Crippen LogP contribution in [0.4, 0.5) is 0 Å². The van der Waals surface area contributed by atoms with E-state index >= 15 is 0 Å². The van der Waals surface area contributed by atoms with Crippen molar-refractivity contribution < 1.29 is 14.3 Å². The Morgan fingerprint density at radius 1 is 1.85 bits per heavy atom. The fourth-order valence-electron chi connectivity index (χ4n) is 0.791. The fourth-order valence-corrected chi connectivity index (χ4v) is 1.21. The van der Waals surface area contributed by atoms with Gasteiger partial charge in [0.05, 0.1) is 17.9 Å². The van der Waals surface area contributed by atoms with Crippen molar-refractivity contribution in [3.63, 3.8) is 0 Å². The molecule has 2 N–H and O–H groups in total. The first-order valence-electron chi connectivity index (χ1n) is 3.80. The lowest BCUT2D eigenvalue weighted by molar-refractivity contribution is 0.0922. The maximum absolute atomic E-state index is 11.3. The first kappa shape index (κ1) is 10.3. The van der Waals surface area contributed by atoms with E-state index in [0.717, 1.165) is 0 Å². The number of carbonyl (C=O) groups is 1. The molecule has 1 rings (SSSR count). The average molecular weight is 248 g/mol. The highest BCUT2D eigenvalue weighted by Gasteiger charge is 2.12. The van der Waals surface area contributed by atoms with Gasteiger partial charge in [0, 0.05) is 6.54 Å². The van der Waals surface area contributed by atoms with E-state index in [1.807, 2.05) is 0 Å². The average Bonchev–Trinajstić information content (AvgIpc) is 2.47. The van der Waals surface area contributed by atoms with E-state index in [1.165, 1.54) is 6.26 Å². The molecule has 72 valence electrons. The van der Waals surface area contributed by atoms with Crippen molar-refractivity contribution in [2.45, 2.75) is 13.0 Å². The zero-order chi connectivity index (χ0) is 9.84. The Morgan fingerprint density at radius 3 is 3.00 bits per heavy atom. The number of carbonyl (C=O) groups excluding carboxylic acids is 1. The number of rotatable bonds is 3. The minimum absolute atomic E-state index is 0.233. The summed E-state index contributed by atoms with van der Waals surface area (Å²) in [7, 11) is 0. The van der Waals surface area contributed by atoms with Crippen molar-refractivity contribution in [1.82, 2.24) is 5.32 Å². The number of hydrogen-bond acceptors (Lipinski definition) is 3. The summed E-state index contributed by atoms with van der Waals surface area (Å²) in [6.45, 7) is 1.83. The molecule has 0 aromatic carbocycles. The number of nitrogens with one attached hydrogen (secondary N) is 1. The smallest absolute Gasteiger partial charge is 0.255 e. The molecule has 0 aliphatic rings. The Hall–Kier alpha value is -0.810. The molecule has 4 nitrogen and oxygen atoms in total. The zero-order valence-corrected chi connectivity index (χ0v) is 8.67. The van der Waals surface area contributed by atoms with E-state index in [4.69, 9.17) is 9.52 Å². The zero-order valence-electron chi connectivity index (χ0n) is 7.08. The van der Waals surface area contributed by atoms with Gasteiger partial charge in [-0.2, -0.15) is 0 Å². The molecule has 0 bridgehead atoms. The summed E-state index contributed by atoms with van der Waals surface area (Å²) in [6.07, 6.45) is 0.871. The Kier molecular flexibility index (Phi) is 3.50. The Labute approximate surface area is 84.1 Å². The third-order valence-electron chi connectivity index (χ3n) is 1.42. The maximum atomic E-state index is 11.3. The second kappa shape index (κ2) is 4.43. The lowest BCUT2D eigenvalue weighted by atomic mass is 10.3. The standard InChI is InChI=1S/C8H10BrNO3/c1-5(11)4-10-8(12)6-2-3-13-7(6)9/h2-3,5,11H,4H2,1H3,(H,10,12). The predicted octanol–water partition coefficient (Wildman–Crippen LogP) is 1.15. The van der Waals surface area contributed by atoms with Gasteiger partial charge >= 0.3 is 0 Å². The summed E-state index contributed by atoms with van der Waals surface area (Å²) < 4.78 is 5.28. The predicted molar refractivity (Wildman–Crippen MR) is 50.4 cm³/mol. The minimum Gasteiger partial charge on any atom is -0.457 e. The number of aliphatic hydroxyl groups excluding tert-OH is 1. The van der Waals surface area contributed by atoms with Gasteiger partial charge in [-0.05, 0) is 28.9 Å². The highest BCUT2D eigenvalue weighted by atomic mass is 79.9. The maximum Gasteiger partial charge on any atom is 0.255 e. The van der Waals surface area contributed by atoms with Crippen molar-refractivity contribution >= 4 is 21.8 Å². The van der Waals surface area contributed by atoms with Crippen LogP contribution in [0.25, 0.3) is 0 Å². The lowest BCUT2D eigenvalue weighted by Crippen LogP contribution is -2.30. The lowest BCUT2D eigenvalue weighted by Gasteiger charge is -2.05. The summed E-state index contributed by atoms with van der Waals surface area (Å²) in [6, 6.07) is 1.56. The first-order chi connectivity index (χ1) is 6.11. The van der Waals surface area contributed by atoms with Crippen molar-refractivity contribution in [1.29, 1.82) is 0 Å². The largest absolute Gasteiger partial charge is 0.457 e. The van der Waals surface area contributed by atoms with Crippen molar-refractivity contribution in [3.05, 3.63) is 22.6 Å². The summed E-state index contributed by atoms with van der Waals surface area (Å²) in [5.41, 5.74) is 0.431. The first-order valence-corrected chi connectivity index (χ1v) is 4.60. The van der Waals surface area contributed by atoms with Gasteiger partial charge in [-0.3, -0.25) is 4.79 Å². The molecule has 1 aromatic rings. The quantitative estimate of drug-likeness (QED) is 0.843. The van der Waals surface area contributed by atoms with Crippen LogP contribution in [0.2, 0.25) is 0 Å². The van der Waals surface area contributed by atoms with Gasteiger partial charge in [-0.25, -0.2) is 0 Å². The number of furan rings is 1. The fraction of sp³-hybridized carbons (Fsp3) is 0.375. The molecule has 0 aliphatic carbocycles. The highest BCUT2D eigenvalue weighted by Crippen LogP contribution is 2.16. The highest BCUT2D eigenvalue weighted by molar-refractivity contribution is 9.10. The van der Waals surface area contributed by atoms with E-state index in [1.54, 1.807) is 13.0 Å². The third-order valence-corrected chi connectivity index (χ3v) is 2.03. The summed E-state index contributed by atoms with van der Waals surface area (Å²) in [5, 5.41) is 11.5. The van der Waals surface area contributed by atoms with Crippen LogP contribution in [0, 0.1) is 0 Å². The molecule has 13 heavy (non-hydrogen) atoms. The van der Waals surface area contributed by atoms with Crippen molar-refractivity contribution in [2.75, 3.05) is 6.54 Å². The van der Waals surface area contributed by atoms with Crippen LogP contribution in [0.1, 0.15) is 17.3 Å².